The standard InChI is InChI=1S/C16H15ClN4S/c17-13-3-1-2-11(8-13)16-18-15(19-20-16)10-21-6-4-14-12(9-21)5-7-22-14/h1-3,5,7-8H,4,6,9-10H2,(H,18,19,20). The number of hydrogen-bond acceptors (Lipinski definition) is 4. The third-order valence-electron chi connectivity index (χ3n) is 3.87. The van der Waals surface area contributed by atoms with Crippen molar-refractivity contribution in [2.75, 3.05) is 6.54 Å². The Morgan fingerprint density at radius 1 is 1.32 bits per heavy atom. The Kier molecular flexibility index (Phi) is 3.70. The predicted molar refractivity (Wildman–Crippen MR) is 89.0 cm³/mol. The summed E-state index contributed by atoms with van der Waals surface area (Å²) in [5, 5.41) is 10.2. The first-order chi connectivity index (χ1) is 10.8. The van der Waals surface area contributed by atoms with Crippen LogP contribution in [0.25, 0.3) is 11.4 Å². The Hall–Kier alpha value is -1.69. The molecule has 3 aromatic rings. The highest BCUT2D eigenvalue weighted by Gasteiger charge is 2.18. The lowest BCUT2D eigenvalue weighted by Crippen LogP contribution is -2.29. The van der Waals surface area contributed by atoms with Gasteiger partial charge in [0, 0.05) is 28.6 Å². The fourth-order valence-electron chi connectivity index (χ4n) is 2.78. The van der Waals surface area contributed by atoms with E-state index in [9.17, 15) is 0 Å². The van der Waals surface area contributed by atoms with Gasteiger partial charge in [-0.15, -0.1) is 11.3 Å². The summed E-state index contributed by atoms with van der Waals surface area (Å²) in [7, 11) is 0. The molecule has 3 heterocycles. The summed E-state index contributed by atoms with van der Waals surface area (Å²) < 4.78 is 0. The van der Waals surface area contributed by atoms with E-state index in [4.69, 9.17) is 11.6 Å². The number of rotatable bonds is 3. The van der Waals surface area contributed by atoms with Gasteiger partial charge in [-0.25, -0.2) is 4.98 Å². The molecule has 0 spiro atoms. The number of benzene rings is 1. The second-order valence-electron chi connectivity index (χ2n) is 5.45. The zero-order valence-electron chi connectivity index (χ0n) is 11.9. The van der Waals surface area contributed by atoms with Crippen molar-refractivity contribution in [3.05, 3.63) is 57.0 Å². The number of hydrogen-bond donors (Lipinski definition) is 1. The first-order valence-corrected chi connectivity index (χ1v) is 8.48. The highest BCUT2D eigenvalue weighted by Crippen LogP contribution is 2.25. The van der Waals surface area contributed by atoms with E-state index in [-0.39, 0.29) is 0 Å². The minimum atomic E-state index is 0.699. The lowest BCUT2D eigenvalue weighted by atomic mass is 10.1. The molecular weight excluding hydrogens is 316 g/mol. The number of fused-ring (bicyclic) bond motifs is 1. The van der Waals surface area contributed by atoms with Gasteiger partial charge in [0.05, 0.1) is 6.54 Å². The minimum Gasteiger partial charge on any atom is -0.291 e. The van der Waals surface area contributed by atoms with Crippen molar-refractivity contribution in [1.82, 2.24) is 20.1 Å². The molecule has 0 saturated carbocycles. The fourth-order valence-corrected chi connectivity index (χ4v) is 3.86. The summed E-state index contributed by atoms with van der Waals surface area (Å²) in [6.07, 6.45) is 1.13. The van der Waals surface area contributed by atoms with Crippen LogP contribution in [0, 0.1) is 0 Å². The number of halogens is 1. The monoisotopic (exact) mass is 330 g/mol. The molecule has 4 nitrogen and oxygen atoms in total. The van der Waals surface area contributed by atoms with Crippen LogP contribution in [0.5, 0.6) is 0 Å². The molecule has 1 N–H and O–H groups in total. The van der Waals surface area contributed by atoms with Crippen LogP contribution in [0.4, 0.5) is 0 Å². The zero-order chi connectivity index (χ0) is 14.9. The van der Waals surface area contributed by atoms with Crippen LogP contribution in [-0.4, -0.2) is 26.6 Å². The Balaban J connectivity index is 1.49. The molecule has 0 amide bonds. The van der Waals surface area contributed by atoms with Gasteiger partial charge in [0.15, 0.2) is 5.82 Å². The van der Waals surface area contributed by atoms with E-state index < -0.39 is 0 Å². The van der Waals surface area contributed by atoms with Crippen molar-refractivity contribution in [1.29, 1.82) is 0 Å². The average molecular weight is 331 g/mol. The van der Waals surface area contributed by atoms with Gasteiger partial charge in [-0.2, -0.15) is 5.10 Å². The van der Waals surface area contributed by atoms with Crippen LogP contribution in [0.3, 0.4) is 0 Å². The summed E-state index contributed by atoms with van der Waals surface area (Å²) in [5.74, 6) is 1.60. The van der Waals surface area contributed by atoms with E-state index in [2.05, 4.69) is 31.5 Å². The second-order valence-corrected chi connectivity index (χ2v) is 6.88. The second kappa shape index (κ2) is 5.83. The molecule has 1 aliphatic heterocycles. The molecule has 22 heavy (non-hydrogen) atoms. The van der Waals surface area contributed by atoms with Crippen LogP contribution in [0.2, 0.25) is 5.02 Å². The summed E-state index contributed by atoms with van der Waals surface area (Å²) in [6.45, 7) is 2.86. The highest BCUT2D eigenvalue weighted by atomic mass is 35.5. The lowest BCUT2D eigenvalue weighted by molar-refractivity contribution is 0.241. The maximum Gasteiger partial charge on any atom is 0.181 e. The van der Waals surface area contributed by atoms with Gasteiger partial charge < -0.3 is 0 Å². The molecule has 2 aromatic heterocycles. The van der Waals surface area contributed by atoms with Gasteiger partial charge in [-0.3, -0.25) is 10.00 Å². The third-order valence-corrected chi connectivity index (χ3v) is 5.13. The molecule has 0 atom stereocenters. The molecule has 0 saturated heterocycles. The van der Waals surface area contributed by atoms with Gasteiger partial charge in [-0.05, 0) is 35.6 Å². The number of H-pyrrole nitrogens is 1. The molecule has 0 bridgehead atoms. The van der Waals surface area contributed by atoms with Gasteiger partial charge in [0.1, 0.15) is 5.82 Å². The lowest BCUT2D eigenvalue weighted by Gasteiger charge is -2.25. The van der Waals surface area contributed by atoms with Gasteiger partial charge in [-0.1, -0.05) is 23.7 Å². The van der Waals surface area contributed by atoms with Gasteiger partial charge >= 0.3 is 0 Å². The maximum absolute atomic E-state index is 6.02. The van der Waals surface area contributed by atoms with Crippen LogP contribution in [-0.2, 0) is 19.5 Å². The smallest absolute Gasteiger partial charge is 0.181 e. The van der Waals surface area contributed by atoms with Crippen molar-refractivity contribution in [3.8, 4) is 11.4 Å². The Labute approximate surface area is 137 Å². The third kappa shape index (κ3) is 2.79. The van der Waals surface area contributed by atoms with Crippen LogP contribution < -0.4 is 0 Å². The number of nitrogens with zero attached hydrogens (tertiary/aromatic N) is 3. The SMILES string of the molecule is Clc1cccc(-c2n[nH]c(CN3CCc4sccc4C3)n2)c1. The van der Waals surface area contributed by atoms with Crippen molar-refractivity contribution in [3.63, 3.8) is 0 Å². The molecule has 0 fully saturated rings. The fraction of sp³-hybridized carbons (Fsp3) is 0.250. The largest absolute Gasteiger partial charge is 0.291 e. The van der Waals surface area contributed by atoms with E-state index >= 15 is 0 Å². The van der Waals surface area contributed by atoms with E-state index in [1.807, 2.05) is 35.6 Å². The van der Waals surface area contributed by atoms with Crippen molar-refractivity contribution < 1.29 is 0 Å². The molecule has 4 rings (SSSR count). The summed E-state index contributed by atoms with van der Waals surface area (Å²) >= 11 is 7.88. The number of thiophene rings is 1. The van der Waals surface area contributed by atoms with Crippen LogP contribution >= 0.6 is 22.9 Å². The minimum absolute atomic E-state index is 0.699. The summed E-state index contributed by atoms with van der Waals surface area (Å²) in [4.78, 5) is 8.52. The molecule has 1 aliphatic rings. The average Bonchev–Trinajstić information content (AvgIpc) is 3.16. The topological polar surface area (TPSA) is 44.8 Å². The number of aromatic nitrogens is 3. The molecule has 0 aliphatic carbocycles. The van der Waals surface area contributed by atoms with Crippen molar-refractivity contribution in [2.24, 2.45) is 0 Å². The molecular formula is C16H15ClN4S. The van der Waals surface area contributed by atoms with Gasteiger partial charge in [0.25, 0.3) is 0 Å². The number of nitrogens with one attached hydrogen (secondary N) is 1. The summed E-state index contributed by atoms with van der Waals surface area (Å²) in [6, 6.07) is 9.84. The molecule has 0 radical (unpaired) electrons. The summed E-state index contributed by atoms with van der Waals surface area (Å²) in [5.41, 5.74) is 2.39. The zero-order valence-corrected chi connectivity index (χ0v) is 13.5. The molecule has 0 unspecified atom stereocenters. The normalized spacial score (nSPS) is 15.0. The predicted octanol–water partition coefficient (Wildman–Crippen LogP) is 3.74. The molecule has 112 valence electrons. The van der Waals surface area contributed by atoms with E-state index in [0.29, 0.717) is 10.8 Å². The Bertz CT molecular complexity index is 795. The van der Waals surface area contributed by atoms with Crippen molar-refractivity contribution >= 4 is 22.9 Å². The first-order valence-electron chi connectivity index (χ1n) is 7.23. The molecule has 1 aromatic carbocycles. The van der Waals surface area contributed by atoms with E-state index in [1.54, 1.807) is 0 Å². The Morgan fingerprint density at radius 2 is 2.27 bits per heavy atom. The highest BCUT2D eigenvalue weighted by molar-refractivity contribution is 7.10. The molecule has 6 heteroatoms. The van der Waals surface area contributed by atoms with E-state index in [1.165, 1.54) is 10.4 Å². The van der Waals surface area contributed by atoms with Crippen LogP contribution in [0.15, 0.2) is 35.7 Å². The Morgan fingerprint density at radius 3 is 3.18 bits per heavy atom. The first kappa shape index (κ1) is 13.9. The van der Waals surface area contributed by atoms with Crippen molar-refractivity contribution in [2.45, 2.75) is 19.5 Å². The quantitative estimate of drug-likeness (QED) is 0.795. The van der Waals surface area contributed by atoms with Gasteiger partial charge in [0.2, 0.25) is 0 Å². The maximum atomic E-state index is 6.02. The van der Waals surface area contributed by atoms with E-state index in [0.717, 1.165) is 37.4 Å². The number of aromatic amines is 1. The van der Waals surface area contributed by atoms with Crippen LogP contribution in [0.1, 0.15) is 16.3 Å².